The Morgan fingerprint density at radius 2 is 1.33 bits per heavy atom. The minimum Gasteiger partial charge on any atom is -0.0879 e. The van der Waals surface area contributed by atoms with E-state index in [9.17, 15) is 0 Å². The highest BCUT2D eigenvalue weighted by molar-refractivity contribution is 5.64. The molecule has 4 rings (SSSR count). The van der Waals surface area contributed by atoms with E-state index in [-0.39, 0.29) is 0 Å². The summed E-state index contributed by atoms with van der Waals surface area (Å²) in [5, 5.41) is 0. The molecule has 0 aliphatic heterocycles. The summed E-state index contributed by atoms with van der Waals surface area (Å²) in [4.78, 5) is 0. The fourth-order valence-electron chi connectivity index (χ4n) is 6.51. The van der Waals surface area contributed by atoms with Crippen molar-refractivity contribution in [3.63, 3.8) is 0 Å². The molecule has 0 saturated heterocycles. The Bertz CT molecular complexity index is 921. The van der Waals surface area contributed by atoms with Gasteiger partial charge in [0.25, 0.3) is 0 Å². The molecule has 0 amide bonds. The van der Waals surface area contributed by atoms with E-state index in [0.717, 1.165) is 36.5 Å². The van der Waals surface area contributed by atoms with Crippen LogP contribution >= 0.6 is 0 Å². The van der Waals surface area contributed by atoms with Crippen LogP contribution in [0.1, 0.15) is 102 Å². The number of hydrogen-bond acceptors (Lipinski definition) is 0. The molecule has 0 heteroatoms. The first-order chi connectivity index (χ1) is 17.7. The highest BCUT2D eigenvalue weighted by Crippen LogP contribution is 2.39. The fraction of sp³-hybridized carbons (Fsp3) is 0.556. The molecule has 0 aromatic heterocycles. The van der Waals surface area contributed by atoms with Crippen molar-refractivity contribution in [1.29, 1.82) is 0 Å². The summed E-state index contributed by atoms with van der Waals surface area (Å²) in [6.07, 6.45) is 29.1. The second-order valence-electron chi connectivity index (χ2n) is 11.7. The Balaban J connectivity index is 1.14. The molecule has 0 N–H and O–H groups in total. The summed E-state index contributed by atoms with van der Waals surface area (Å²) in [5.41, 5.74) is 5.54. The first kappa shape index (κ1) is 27.0. The van der Waals surface area contributed by atoms with Crippen LogP contribution in [0.15, 0.2) is 72.8 Å². The van der Waals surface area contributed by atoms with E-state index in [1.54, 1.807) is 0 Å². The Morgan fingerprint density at radius 1 is 0.667 bits per heavy atom. The number of hydrogen-bond donors (Lipinski definition) is 0. The minimum absolute atomic E-state index is 0.814. The zero-order valence-electron chi connectivity index (χ0n) is 23.1. The number of benzene rings is 2. The lowest BCUT2D eigenvalue weighted by molar-refractivity contribution is 0.230. The normalized spacial score (nSPS) is 24.4. The largest absolute Gasteiger partial charge is 0.0879 e. The lowest BCUT2D eigenvalue weighted by Crippen LogP contribution is -2.22. The Labute approximate surface area is 222 Å². The molecule has 0 heterocycles. The minimum atomic E-state index is 0.814. The van der Waals surface area contributed by atoms with Gasteiger partial charge in [0, 0.05) is 0 Å². The average molecular weight is 483 g/mol. The van der Waals surface area contributed by atoms with Crippen molar-refractivity contribution in [3.05, 3.63) is 84.0 Å². The van der Waals surface area contributed by atoms with E-state index < -0.39 is 0 Å². The van der Waals surface area contributed by atoms with Crippen LogP contribution in [0.2, 0.25) is 0 Å². The number of allylic oxidation sites excluding steroid dienone is 4. The second kappa shape index (κ2) is 14.6. The number of rotatable bonds is 12. The molecule has 1 saturated carbocycles. The molecule has 2 aliphatic rings. The molecule has 194 valence electrons. The summed E-state index contributed by atoms with van der Waals surface area (Å²) in [6, 6.07) is 18.3. The molecular formula is C36H50. The predicted octanol–water partition coefficient (Wildman–Crippen LogP) is 10.8. The highest BCUT2D eigenvalue weighted by atomic mass is 14.3. The van der Waals surface area contributed by atoms with Gasteiger partial charge in [-0.2, -0.15) is 0 Å². The van der Waals surface area contributed by atoms with Gasteiger partial charge in [0.05, 0.1) is 0 Å². The molecule has 2 atom stereocenters. The van der Waals surface area contributed by atoms with E-state index in [2.05, 4.69) is 86.7 Å². The van der Waals surface area contributed by atoms with Crippen LogP contribution in [0.5, 0.6) is 0 Å². The Morgan fingerprint density at radius 3 is 1.92 bits per heavy atom. The van der Waals surface area contributed by atoms with Crippen molar-refractivity contribution in [3.8, 4) is 11.1 Å². The van der Waals surface area contributed by atoms with E-state index in [1.807, 2.05) is 0 Å². The third-order valence-corrected chi connectivity index (χ3v) is 8.89. The first-order valence-corrected chi connectivity index (χ1v) is 15.3. The van der Waals surface area contributed by atoms with Gasteiger partial charge in [-0.1, -0.05) is 112 Å². The van der Waals surface area contributed by atoms with Crippen molar-refractivity contribution in [2.24, 2.45) is 23.7 Å². The van der Waals surface area contributed by atoms with Crippen LogP contribution in [-0.2, 0) is 12.8 Å². The molecule has 0 radical (unpaired) electrons. The maximum absolute atomic E-state index is 2.62. The second-order valence-corrected chi connectivity index (χ2v) is 11.7. The van der Waals surface area contributed by atoms with Crippen LogP contribution in [0.25, 0.3) is 11.1 Å². The zero-order chi connectivity index (χ0) is 25.0. The van der Waals surface area contributed by atoms with Gasteiger partial charge in [-0.05, 0) is 110 Å². The zero-order valence-corrected chi connectivity index (χ0v) is 23.1. The van der Waals surface area contributed by atoms with Crippen LogP contribution in [0.4, 0.5) is 0 Å². The molecule has 0 nitrogen and oxygen atoms in total. The van der Waals surface area contributed by atoms with Gasteiger partial charge in [0.1, 0.15) is 0 Å². The SMILES string of the molecule is CCCCCC1C=CC(C2CCC(C=CCCc3ccc(-c4ccc(CCC)cc4)cc3)CC2)CC1. The summed E-state index contributed by atoms with van der Waals surface area (Å²) >= 11 is 0. The molecule has 2 aromatic rings. The average Bonchev–Trinajstić information content (AvgIpc) is 2.93. The van der Waals surface area contributed by atoms with Crippen LogP contribution in [0.3, 0.4) is 0 Å². The van der Waals surface area contributed by atoms with Gasteiger partial charge in [0.2, 0.25) is 0 Å². The van der Waals surface area contributed by atoms with Crippen molar-refractivity contribution in [2.75, 3.05) is 0 Å². The third-order valence-electron chi connectivity index (χ3n) is 8.89. The van der Waals surface area contributed by atoms with Gasteiger partial charge in [-0.25, -0.2) is 0 Å². The molecule has 2 unspecified atom stereocenters. The van der Waals surface area contributed by atoms with Crippen molar-refractivity contribution in [2.45, 2.75) is 104 Å². The lowest BCUT2D eigenvalue weighted by atomic mass is 9.71. The van der Waals surface area contributed by atoms with Crippen molar-refractivity contribution in [1.82, 2.24) is 0 Å². The standard InChI is InChI=1S/C36H50/c1-3-5-6-10-30-15-23-35(24-16-30)36-27-19-32(20-28-36)12-8-7-11-31-17-25-34(26-18-31)33-21-13-29(9-4-2)14-22-33/h8,12-15,17-18,21-23,25-26,30,32,35-36H,3-7,9-11,16,19-20,24,27-28H2,1-2H3. The highest BCUT2D eigenvalue weighted by Gasteiger charge is 2.27. The van der Waals surface area contributed by atoms with Gasteiger partial charge in [-0.3, -0.25) is 0 Å². The molecule has 2 aliphatic carbocycles. The molecular weight excluding hydrogens is 432 g/mol. The Hall–Kier alpha value is -2.08. The van der Waals surface area contributed by atoms with Gasteiger partial charge >= 0.3 is 0 Å². The van der Waals surface area contributed by atoms with Crippen LogP contribution < -0.4 is 0 Å². The van der Waals surface area contributed by atoms with Crippen LogP contribution in [-0.4, -0.2) is 0 Å². The summed E-state index contributed by atoms with van der Waals surface area (Å²) in [7, 11) is 0. The summed E-state index contributed by atoms with van der Waals surface area (Å²) in [5.74, 6) is 3.51. The van der Waals surface area contributed by atoms with Gasteiger partial charge in [-0.15, -0.1) is 0 Å². The molecule has 36 heavy (non-hydrogen) atoms. The summed E-state index contributed by atoms with van der Waals surface area (Å²) in [6.45, 7) is 4.55. The summed E-state index contributed by atoms with van der Waals surface area (Å²) < 4.78 is 0. The smallest absolute Gasteiger partial charge is 0.0184 e. The number of unbranched alkanes of at least 4 members (excludes halogenated alkanes) is 2. The van der Waals surface area contributed by atoms with E-state index >= 15 is 0 Å². The molecule has 0 bridgehead atoms. The lowest BCUT2D eigenvalue weighted by Gasteiger charge is -2.34. The monoisotopic (exact) mass is 482 g/mol. The number of aryl methyl sites for hydroxylation is 2. The van der Waals surface area contributed by atoms with E-state index in [4.69, 9.17) is 0 Å². The van der Waals surface area contributed by atoms with Crippen molar-refractivity contribution < 1.29 is 0 Å². The predicted molar refractivity (Wildman–Crippen MR) is 158 cm³/mol. The van der Waals surface area contributed by atoms with Crippen molar-refractivity contribution >= 4 is 0 Å². The first-order valence-electron chi connectivity index (χ1n) is 15.3. The van der Waals surface area contributed by atoms with Gasteiger partial charge < -0.3 is 0 Å². The topological polar surface area (TPSA) is 0 Å². The Kier molecular flexibility index (Phi) is 10.9. The van der Waals surface area contributed by atoms with E-state index in [1.165, 1.54) is 99.3 Å². The molecule has 2 aromatic carbocycles. The molecule has 1 fully saturated rings. The maximum Gasteiger partial charge on any atom is -0.0184 e. The van der Waals surface area contributed by atoms with E-state index in [0.29, 0.717) is 0 Å². The van der Waals surface area contributed by atoms with Crippen LogP contribution in [0, 0.1) is 23.7 Å². The quantitative estimate of drug-likeness (QED) is 0.208. The van der Waals surface area contributed by atoms with Gasteiger partial charge in [0.15, 0.2) is 0 Å². The molecule has 0 spiro atoms. The third kappa shape index (κ3) is 8.22. The fourth-order valence-corrected chi connectivity index (χ4v) is 6.51. The maximum atomic E-state index is 2.62.